The molecule has 0 amide bonds. The van der Waals surface area contributed by atoms with Crippen molar-refractivity contribution in [2.45, 2.75) is 0 Å². The van der Waals surface area contributed by atoms with Crippen LogP contribution in [0, 0.1) is 0 Å². The van der Waals surface area contributed by atoms with Crippen molar-refractivity contribution in [2.24, 2.45) is 7.05 Å². The summed E-state index contributed by atoms with van der Waals surface area (Å²) in [6, 6.07) is 83.2. The third-order valence-corrected chi connectivity index (χ3v) is 13.5. The van der Waals surface area contributed by atoms with Crippen molar-refractivity contribution >= 4 is 44.9 Å². The number of aromatic nitrogens is 8. The fraction of sp³-hybridized carbons (Fsp3) is 0.0154. The SMILES string of the molecule is Cn1c2nc3nc(nc4[nH]c(nc5nc(nc1c(-c1ccccc1)c2-c1ccccc1)C(c1ccccc1)=C5c1ccccc1)c(-c1ccccc1)c4-c1ccccc1)C(c1ccccc1)=C3c1ccccc1. The van der Waals surface area contributed by atoms with E-state index in [0.29, 0.717) is 45.9 Å². The van der Waals surface area contributed by atoms with Gasteiger partial charge in [0.1, 0.15) is 22.6 Å². The van der Waals surface area contributed by atoms with Crippen LogP contribution in [0.3, 0.4) is 0 Å². The Labute approximate surface area is 422 Å². The normalized spacial score (nSPS) is 12.3. The maximum Gasteiger partial charge on any atom is 0.165 e. The Bertz CT molecular complexity index is 3810. The van der Waals surface area contributed by atoms with Crippen molar-refractivity contribution in [3.8, 4) is 44.5 Å². The third-order valence-electron chi connectivity index (χ3n) is 13.5. The Kier molecular flexibility index (Phi) is 10.9. The number of rotatable bonds is 8. The molecule has 8 nitrogen and oxygen atoms in total. The molecule has 0 aliphatic carbocycles. The van der Waals surface area contributed by atoms with Gasteiger partial charge in [-0.25, -0.2) is 29.9 Å². The van der Waals surface area contributed by atoms with Crippen molar-refractivity contribution in [3.05, 3.63) is 288 Å². The lowest BCUT2D eigenvalue weighted by molar-refractivity contribution is 0.952. The van der Waals surface area contributed by atoms with E-state index < -0.39 is 0 Å². The average molecular weight is 937 g/mol. The largest absolute Gasteiger partial charge is 0.324 e. The minimum atomic E-state index is 0.509. The summed E-state index contributed by atoms with van der Waals surface area (Å²) in [7, 11) is 2.04. The topological polar surface area (TPSA) is 98.1 Å². The molecule has 0 atom stereocenters. The van der Waals surface area contributed by atoms with Crippen LogP contribution in [-0.2, 0) is 7.05 Å². The molecule has 0 saturated heterocycles. The van der Waals surface area contributed by atoms with E-state index in [1.54, 1.807) is 0 Å². The van der Waals surface area contributed by atoms with E-state index >= 15 is 0 Å². The summed E-state index contributed by atoms with van der Waals surface area (Å²) in [6.07, 6.45) is 0. The second-order valence-corrected chi connectivity index (χ2v) is 17.9. The van der Waals surface area contributed by atoms with E-state index in [0.717, 1.165) is 89.1 Å². The second-order valence-electron chi connectivity index (χ2n) is 17.9. The van der Waals surface area contributed by atoms with Crippen LogP contribution in [0.5, 0.6) is 0 Å². The van der Waals surface area contributed by atoms with Crippen LogP contribution in [0.4, 0.5) is 0 Å². The van der Waals surface area contributed by atoms with Gasteiger partial charge in [-0.1, -0.05) is 243 Å². The summed E-state index contributed by atoms with van der Waals surface area (Å²) in [6.45, 7) is 0. The zero-order chi connectivity index (χ0) is 48.7. The van der Waals surface area contributed by atoms with Gasteiger partial charge in [0.05, 0.1) is 0 Å². The number of nitrogens with zero attached hydrogens (tertiary/aromatic N) is 7. The summed E-state index contributed by atoms with van der Waals surface area (Å²) < 4.78 is 2.10. The van der Waals surface area contributed by atoms with Crippen LogP contribution in [0.25, 0.3) is 89.4 Å². The van der Waals surface area contributed by atoms with Gasteiger partial charge < -0.3 is 9.55 Å². The van der Waals surface area contributed by atoms with Crippen LogP contribution in [-0.4, -0.2) is 39.5 Å². The summed E-state index contributed by atoms with van der Waals surface area (Å²) in [5, 5.41) is 0. The first-order valence-electron chi connectivity index (χ1n) is 24.4. The molecule has 0 radical (unpaired) electrons. The summed E-state index contributed by atoms with van der Waals surface area (Å²) in [5.74, 6) is 2.06. The molecule has 73 heavy (non-hydrogen) atoms. The molecule has 3 aromatic heterocycles. The van der Waals surface area contributed by atoms with E-state index in [1.807, 2.05) is 55.6 Å². The Hall–Kier alpha value is -9.92. The lowest BCUT2D eigenvalue weighted by Gasteiger charge is -2.09. The lowest BCUT2D eigenvalue weighted by atomic mass is 9.95. The first kappa shape index (κ1) is 43.1. The molecule has 5 heterocycles. The van der Waals surface area contributed by atoms with Crippen LogP contribution in [0.1, 0.15) is 45.6 Å². The fourth-order valence-corrected chi connectivity index (χ4v) is 10.2. The molecule has 2 aliphatic heterocycles. The number of aryl methyl sites for hydroxylation is 1. The van der Waals surface area contributed by atoms with Crippen molar-refractivity contribution in [3.63, 3.8) is 0 Å². The van der Waals surface area contributed by atoms with E-state index in [4.69, 9.17) is 29.9 Å². The van der Waals surface area contributed by atoms with Crippen LogP contribution in [0.15, 0.2) is 243 Å². The number of aromatic amines is 1. The summed E-state index contributed by atoms with van der Waals surface area (Å²) in [4.78, 5) is 37.8. The quantitative estimate of drug-likeness (QED) is 0.163. The third kappa shape index (κ3) is 7.75. The molecule has 11 aromatic rings. The lowest BCUT2D eigenvalue weighted by Crippen LogP contribution is -1.97. The highest BCUT2D eigenvalue weighted by atomic mass is 15.1. The Morgan fingerprint density at radius 2 is 0.466 bits per heavy atom. The highest BCUT2D eigenvalue weighted by Crippen LogP contribution is 2.45. The molecule has 0 saturated carbocycles. The van der Waals surface area contributed by atoms with Gasteiger partial charge in [-0.2, -0.15) is 0 Å². The van der Waals surface area contributed by atoms with E-state index in [1.165, 1.54) is 0 Å². The minimum absolute atomic E-state index is 0.509. The Morgan fingerprint density at radius 3 is 0.726 bits per heavy atom. The Morgan fingerprint density at radius 1 is 0.247 bits per heavy atom. The smallest absolute Gasteiger partial charge is 0.165 e. The zero-order valence-electron chi connectivity index (χ0n) is 39.7. The van der Waals surface area contributed by atoms with Gasteiger partial charge in [0.15, 0.2) is 23.3 Å². The molecule has 13 rings (SSSR count). The van der Waals surface area contributed by atoms with Crippen molar-refractivity contribution in [1.29, 1.82) is 0 Å². The number of hydrogen-bond acceptors (Lipinski definition) is 6. The van der Waals surface area contributed by atoms with Gasteiger partial charge in [-0.3, -0.25) is 0 Å². The van der Waals surface area contributed by atoms with E-state index in [-0.39, 0.29) is 0 Å². The Balaban J connectivity index is 1.30. The van der Waals surface area contributed by atoms with Crippen molar-refractivity contribution < 1.29 is 0 Å². The highest BCUT2D eigenvalue weighted by molar-refractivity contribution is 6.08. The fourth-order valence-electron chi connectivity index (χ4n) is 10.2. The number of hydrogen-bond donors (Lipinski definition) is 1. The maximum atomic E-state index is 5.77. The van der Waals surface area contributed by atoms with Crippen LogP contribution in [0.2, 0.25) is 0 Å². The number of nitrogens with one attached hydrogen (secondary N) is 1. The predicted octanol–water partition coefficient (Wildman–Crippen LogP) is 14.6. The summed E-state index contributed by atoms with van der Waals surface area (Å²) in [5.41, 5.74) is 17.3. The molecule has 8 bridgehead atoms. The molecule has 0 fully saturated rings. The van der Waals surface area contributed by atoms with Gasteiger partial charge in [0.2, 0.25) is 0 Å². The van der Waals surface area contributed by atoms with Gasteiger partial charge in [-0.05, 0) is 44.5 Å². The number of H-pyrrole nitrogens is 1. The van der Waals surface area contributed by atoms with Gasteiger partial charge in [0.25, 0.3) is 0 Å². The van der Waals surface area contributed by atoms with E-state index in [9.17, 15) is 0 Å². The molecule has 0 unspecified atom stereocenters. The molecule has 344 valence electrons. The molecule has 2 aliphatic rings. The molecule has 0 spiro atoms. The van der Waals surface area contributed by atoms with Crippen molar-refractivity contribution in [1.82, 2.24) is 39.5 Å². The molecule has 1 N–H and O–H groups in total. The first-order valence-corrected chi connectivity index (χ1v) is 24.4. The first-order chi connectivity index (χ1) is 36.2. The van der Waals surface area contributed by atoms with Crippen molar-refractivity contribution in [2.75, 3.05) is 0 Å². The zero-order valence-corrected chi connectivity index (χ0v) is 39.7. The molecule has 8 heteroatoms. The predicted molar refractivity (Wildman–Crippen MR) is 294 cm³/mol. The average Bonchev–Trinajstić information content (AvgIpc) is 4.19. The van der Waals surface area contributed by atoms with Crippen LogP contribution < -0.4 is 0 Å². The van der Waals surface area contributed by atoms with Gasteiger partial charge in [-0.15, -0.1) is 0 Å². The number of fused-ring (bicyclic) bond motifs is 8. The maximum absolute atomic E-state index is 5.77. The molecule has 8 aromatic carbocycles. The van der Waals surface area contributed by atoms with Crippen LogP contribution >= 0.6 is 0 Å². The van der Waals surface area contributed by atoms with Gasteiger partial charge in [0, 0.05) is 51.6 Å². The highest BCUT2D eigenvalue weighted by Gasteiger charge is 2.31. The standard InChI is InChI=1S/C65H44N8/c1-73-64-56(48-38-22-8-23-39-48)57(49-40-24-9-25-41-49)65(73)72-63-55(47-36-20-7-21-37-47)53(45-32-16-5-17-33-45)61(70-63)68-59-51(43-28-12-3-13-29-43)50(42-26-10-2-11-27-42)58(66-59)67-60-52(44-30-14-4-15-31-44)54(62(69-60)71-64)46-34-18-6-19-35-46/h2-41H,1H3,(H,66,67,68,69,70,71,72). The molecular formula is C65H44N8. The second kappa shape index (κ2) is 18.4. The van der Waals surface area contributed by atoms with E-state index in [2.05, 4.69) is 204 Å². The monoisotopic (exact) mass is 936 g/mol. The molecular weight excluding hydrogens is 893 g/mol. The number of benzene rings is 8. The summed E-state index contributed by atoms with van der Waals surface area (Å²) >= 11 is 0. The minimum Gasteiger partial charge on any atom is -0.324 e. The van der Waals surface area contributed by atoms with Gasteiger partial charge >= 0.3 is 0 Å².